The number of benzene rings is 1. The van der Waals surface area contributed by atoms with Crippen molar-refractivity contribution < 1.29 is 17.6 Å². The summed E-state index contributed by atoms with van der Waals surface area (Å²) in [5.41, 5.74) is -2.07. The lowest BCUT2D eigenvalue weighted by molar-refractivity contribution is -0.137. The average molecular weight is 271 g/mol. The first kappa shape index (κ1) is 13.6. The summed E-state index contributed by atoms with van der Waals surface area (Å²) in [5, 5.41) is 0.0426. The first-order valence-electron chi connectivity index (χ1n) is 5.61. The van der Waals surface area contributed by atoms with E-state index < -0.39 is 22.8 Å². The standard InChI is InChI=1S/C13H12F3NO2/c1-12(2,3)11-17-9-6-7(13(14,15)16)4-5-8(9)10(18)19-11/h4-6H,1-3H3. The Morgan fingerprint density at radius 1 is 1.16 bits per heavy atom. The lowest BCUT2D eigenvalue weighted by Gasteiger charge is -2.15. The molecule has 102 valence electrons. The van der Waals surface area contributed by atoms with Crippen LogP contribution in [0.2, 0.25) is 0 Å². The van der Waals surface area contributed by atoms with E-state index in [2.05, 4.69) is 4.98 Å². The molecular formula is C13H12F3NO2. The summed E-state index contributed by atoms with van der Waals surface area (Å²) in [6.45, 7) is 5.28. The zero-order valence-electron chi connectivity index (χ0n) is 10.6. The van der Waals surface area contributed by atoms with E-state index in [0.717, 1.165) is 18.2 Å². The van der Waals surface area contributed by atoms with Crippen LogP contribution < -0.4 is 5.63 Å². The second-order valence-corrected chi connectivity index (χ2v) is 5.29. The Morgan fingerprint density at radius 2 is 1.79 bits per heavy atom. The predicted molar refractivity (Wildman–Crippen MR) is 64.0 cm³/mol. The van der Waals surface area contributed by atoms with Gasteiger partial charge in [0, 0.05) is 5.41 Å². The topological polar surface area (TPSA) is 43.1 Å². The van der Waals surface area contributed by atoms with Crippen molar-refractivity contribution in [3.05, 3.63) is 40.1 Å². The molecule has 0 fully saturated rings. The molecule has 0 atom stereocenters. The number of nitrogens with zero attached hydrogens (tertiary/aromatic N) is 1. The molecule has 0 N–H and O–H groups in total. The maximum absolute atomic E-state index is 12.6. The van der Waals surface area contributed by atoms with Gasteiger partial charge < -0.3 is 4.42 Å². The summed E-state index contributed by atoms with van der Waals surface area (Å²) in [7, 11) is 0. The Kier molecular flexibility index (Phi) is 2.91. The molecule has 0 amide bonds. The smallest absolute Gasteiger partial charge is 0.407 e. The van der Waals surface area contributed by atoms with E-state index in [1.807, 2.05) is 0 Å². The molecule has 0 aliphatic rings. The summed E-state index contributed by atoms with van der Waals surface area (Å²) in [4.78, 5) is 15.7. The lowest BCUT2D eigenvalue weighted by atomic mass is 9.96. The minimum absolute atomic E-state index is 0.00370. The zero-order chi connectivity index (χ0) is 14.4. The highest BCUT2D eigenvalue weighted by Crippen LogP contribution is 2.31. The third-order valence-corrected chi connectivity index (χ3v) is 2.60. The van der Waals surface area contributed by atoms with Gasteiger partial charge in [-0.2, -0.15) is 13.2 Å². The van der Waals surface area contributed by atoms with Crippen molar-refractivity contribution in [1.82, 2.24) is 4.98 Å². The summed E-state index contributed by atoms with van der Waals surface area (Å²) < 4.78 is 42.9. The van der Waals surface area contributed by atoms with Crippen molar-refractivity contribution >= 4 is 10.9 Å². The average Bonchev–Trinajstić information content (AvgIpc) is 2.25. The lowest BCUT2D eigenvalue weighted by Crippen LogP contribution is -2.18. The monoisotopic (exact) mass is 271 g/mol. The maximum Gasteiger partial charge on any atom is 0.416 e. The van der Waals surface area contributed by atoms with Crippen molar-refractivity contribution in [2.75, 3.05) is 0 Å². The van der Waals surface area contributed by atoms with Gasteiger partial charge in [0.05, 0.1) is 16.5 Å². The molecule has 1 aromatic heterocycles. The first-order valence-corrected chi connectivity index (χ1v) is 5.61. The van der Waals surface area contributed by atoms with Gasteiger partial charge in [0.15, 0.2) is 0 Å². The number of rotatable bonds is 0. The van der Waals surface area contributed by atoms with Crippen LogP contribution in [-0.4, -0.2) is 4.98 Å². The van der Waals surface area contributed by atoms with Crippen molar-refractivity contribution in [1.29, 1.82) is 0 Å². The number of aromatic nitrogens is 1. The van der Waals surface area contributed by atoms with Crippen LogP contribution in [0.3, 0.4) is 0 Å². The van der Waals surface area contributed by atoms with Crippen LogP contribution in [-0.2, 0) is 11.6 Å². The molecule has 0 spiro atoms. The molecule has 19 heavy (non-hydrogen) atoms. The fourth-order valence-corrected chi connectivity index (χ4v) is 1.57. The fourth-order valence-electron chi connectivity index (χ4n) is 1.57. The maximum atomic E-state index is 12.6. The summed E-state index contributed by atoms with van der Waals surface area (Å²) in [6.07, 6.45) is -4.46. The highest BCUT2D eigenvalue weighted by atomic mass is 19.4. The summed E-state index contributed by atoms with van der Waals surface area (Å²) in [6, 6.07) is 2.79. The Balaban J connectivity index is 2.74. The van der Waals surface area contributed by atoms with Crippen LogP contribution in [0.5, 0.6) is 0 Å². The van der Waals surface area contributed by atoms with Crippen LogP contribution in [0, 0.1) is 0 Å². The van der Waals surface area contributed by atoms with Gasteiger partial charge in [-0.1, -0.05) is 20.8 Å². The number of hydrogen-bond donors (Lipinski definition) is 0. The molecule has 0 aliphatic heterocycles. The number of hydrogen-bond acceptors (Lipinski definition) is 3. The van der Waals surface area contributed by atoms with Crippen LogP contribution >= 0.6 is 0 Å². The fraction of sp³-hybridized carbons (Fsp3) is 0.385. The second kappa shape index (κ2) is 4.08. The number of alkyl halides is 3. The molecule has 2 aromatic rings. The predicted octanol–water partition coefficient (Wildman–Crippen LogP) is 3.50. The van der Waals surface area contributed by atoms with E-state index in [-0.39, 0.29) is 16.8 Å². The zero-order valence-corrected chi connectivity index (χ0v) is 10.6. The molecule has 2 rings (SSSR count). The van der Waals surface area contributed by atoms with Crippen LogP contribution in [0.1, 0.15) is 32.2 Å². The van der Waals surface area contributed by atoms with Crippen LogP contribution in [0.15, 0.2) is 27.4 Å². The van der Waals surface area contributed by atoms with Gasteiger partial charge in [-0.15, -0.1) is 0 Å². The highest BCUT2D eigenvalue weighted by Gasteiger charge is 2.31. The summed E-state index contributed by atoms with van der Waals surface area (Å²) >= 11 is 0. The third kappa shape index (κ3) is 2.62. The normalized spacial score (nSPS) is 12.9. The second-order valence-electron chi connectivity index (χ2n) is 5.29. The number of halogens is 3. The van der Waals surface area contributed by atoms with Crippen LogP contribution in [0.25, 0.3) is 10.9 Å². The van der Waals surface area contributed by atoms with Gasteiger partial charge in [-0.05, 0) is 18.2 Å². The Hall–Kier alpha value is -1.85. The molecular weight excluding hydrogens is 259 g/mol. The Labute approximate surface area is 107 Å². The van der Waals surface area contributed by atoms with Gasteiger partial charge in [0.25, 0.3) is 0 Å². The summed E-state index contributed by atoms with van der Waals surface area (Å²) in [5.74, 6) is 0.115. The minimum atomic E-state index is -4.46. The van der Waals surface area contributed by atoms with Crippen molar-refractivity contribution in [2.45, 2.75) is 32.4 Å². The van der Waals surface area contributed by atoms with Gasteiger partial charge in [-0.25, -0.2) is 9.78 Å². The Bertz CT molecular complexity index is 676. The molecule has 0 aliphatic carbocycles. The van der Waals surface area contributed by atoms with E-state index >= 15 is 0 Å². The van der Waals surface area contributed by atoms with Crippen LogP contribution in [0.4, 0.5) is 13.2 Å². The van der Waals surface area contributed by atoms with E-state index in [9.17, 15) is 18.0 Å². The molecule has 0 radical (unpaired) electrons. The molecule has 0 unspecified atom stereocenters. The van der Waals surface area contributed by atoms with Crippen molar-refractivity contribution in [3.63, 3.8) is 0 Å². The molecule has 0 bridgehead atoms. The third-order valence-electron chi connectivity index (χ3n) is 2.60. The SMILES string of the molecule is CC(C)(C)c1nc2cc(C(F)(F)F)ccc2c(=O)o1. The first-order chi connectivity index (χ1) is 8.59. The van der Waals surface area contributed by atoms with Crippen molar-refractivity contribution in [2.24, 2.45) is 0 Å². The van der Waals surface area contributed by atoms with E-state index in [4.69, 9.17) is 4.42 Å². The molecule has 3 nitrogen and oxygen atoms in total. The number of fused-ring (bicyclic) bond motifs is 1. The molecule has 0 saturated heterocycles. The molecule has 1 heterocycles. The molecule has 0 saturated carbocycles. The van der Waals surface area contributed by atoms with Crippen molar-refractivity contribution in [3.8, 4) is 0 Å². The van der Waals surface area contributed by atoms with Gasteiger partial charge in [0.1, 0.15) is 0 Å². The highest BCUT2D eigenvalue weighted by molar-refractivity contribution is 5.77. The molecule has 1 aromatic carbocycles. The minimum Gasteiger partial charge on any atom is -0.407 e. The Morgan fingerprint density at radius 3 is 2.32 bits per heavy atom. The van der Waals surface area contributed by atoms with Gasteiger partial charge in [-0.3, -0.25) is 0 Å². The van der Waals surface area contributed by atoms with Gasteiger partial charge >= 0.3 is 11.8 Å². The van der Waals surface area contributed by atoms with E-state index in [0.29, 0.717) is 0 Å². The van der Waals surface area contributed by atoms with Gasteiger partial charge in [0.2, 0.25) is 5.89 Å². The van der Waals surface area contributed by atoms with E-state index in [1.165, 1.54) is 0 Å². The molecule has 6 heteroatoms. The van der Waals surface area contributed by atoms with E-state index in [1.54, 1.807) is 20.8 Å². The quantitative estimate of drug-likeness (QED) is 0.736. The largest absolute Gasteiger partial charge is 0.416 e.